The number of carbonyl (C=O) groups is 2. The van der Waals surface area contributed by atoms with Crippen molar-refractivity contribution < 1.29 is 9.59 Å². The van der Waals surface area contributed by atoms with Crippen molar-refractivity contribution in [3.8, 4) is 0 Å². The minimum atomic E-state index is -0.303. The fourth-order valence-corrected chi connectivity index (χ4v) is 3.58. The van der Waals surface area contributed by atoms with Gasteiger partial charge < -0.3 is 10.2 Å². The average Bonchev–Trinajstić information content (AvgIpc) is 3.14. The van der Waals surface area contributed by atoms with Gasteiger partial charge in [-0.1, -0.05) is 38.1 Å². The molecule has 0 radical (unpaired) electrons. The predicted molar refractivity (Wildman–Crippen MR) is 116 cm³/mol. The van der Waals surface area contributed by atoms with E-state index in [1.807, 2.05) is 50.2 Å². The zero-order chi connectivity index (χ0) is 21.0. The number of hydrogen-bond donors (Lipinski definition) is 1. The maximum atomic E-state index is 13.2. The number of aromatic nitrogens is 2. The smallest absolute Gasteiger partial charge is 0.290 e. The van der Waals surface area contributed by atoms with Crippen LogP contribution in [0.1, 0.15) is 59.9 Å². The molecule has 152 valence electrons. The van der Waals surface area contributed by atoms with Crippen molar-refractivity contribution in [1.82, 2.24) is 14.3 Å². The zero-order valence-electron chi connectivity index (χ0n) is 17.5. The van der Waals surface area contributed by atoms with Crippen LogP contribution in [0.15, 0.2) is 42.6 Å². The molecule has 3 rings (SSSR count). The quantitative estimate of drug-likeness (QED) is 0.655. The summed E-state index contributed by atoms with van der Waals surface area (Å²) in [6.45, 7) is 9.16. The number of rotatable bonds is 7. The summed E-state index contributed by atoms with van der Waals surface area (Å²) in [5.41, 5.74) is 3.89. The Hall–Kier alpha value is -3.15. The van der Waals surface area contributed by atoms with Gasteiger partial charge in [-0.3, -0.25) is 14.0 Å². The van der Waals surface area contributed by atoms with E-state index in [0.717, 1.165) is 29.7 Å². The van der Waals surface area contributed by atoms with Gasteiger partial charge in [0, 0.05) is 25.0 Å². The molecule has 0 spiro atoms. The Balaban J connectivity index is 2.05. The van der Waals surface area contributed by atoms with E-state index in [2.05, 4.69) is 24.1 Å². The van der Waals surface area contributed by atoms with E-state index >= 15 is 0 Å². The molecule has 0 saturated carbocycles. The summed E-state index contributed by atoms with van der Waals surface area (Å²) >= 11 is 0. The molecule has 1 N–H and O–H groups in total. The Kier molecular flexibility index (Phi) is 6.32. The van der Waals surface area contributed by atoms with Gasteiger partial charge in [-0.05, 0) is 49.9 Å². The minimum absolute atomic E-state index is 0.182. The summed E-state index contributed by atoms with van der Waals surface area (Å²) in [5.74, 6) is -0.227. The summed E-state index contributed by atoms with van der Waals surface area (Å²) in [7, 11) is 0. The first-order chi connectivity index (χ1) is 14.0. The van der Waals surface area contributed by atoms with E-state index in [1.165, 1.54) is 0 Å². The highest BCUT2D eigenvalue weighted by Gasteiger charge is 2.24. The van der Waals surface area contributed by atoms with Gasteiger partial charge in [-0.25, -0.2) is 4.98 Å². The van der Waals surface area contributed by atoms with E-state index in [9.17, 15) is 9.59 Å². The number of nitrogens with one attached hydrogen (secondary N) is 1. The lowest BCUT2D eigenvalue weighted by molar-refractivity contribution is 0.0760. The van der Waals surface area contributed by atoms with Crippen molar-refractivity contribution in [1.29, 1.82) is 0 Å². The van der Waals surface area contributed by atoms with E-state index < -0.39 is 0 Å². The first-order valence-electron chi connectivity index (χ1n) is 10.2. The van der Waals surface area contributed by atoms with Crippen LogP contribution in [0.4, 0.5) is 5.69 Å². The first-order valence-corrected chi connectivity index (χ1v) is 10.2. The molecule has 0 unspecified atom stereocenters. The molecule has 2 amide bonds. The van der Waals surface area contributed by atoms with E-state index in [0.29, 0.717) is 18.6 Å². The van der Waals surface area contributed by atoms with Crippen LogP contribution >= 0.6 is 0 Å². The number of carbonyl (C=O) groups excluding carboxylic acids is 2. The highest BCUT2D eigenvalue weighted by molar-refractivity contribution is 6.09. The van der Waals surface area contributed by atoms with Crippen molar-refractivity contribution in [3.63, 3.8) is 0 Å². The third kappa shape index (κ3) is 3.88. The summed E-state index contributed by atoms with van der Waals surface area (Å²) in [5, 5.41) is 3.06. The second-order valence-corrected chi connectivity index (χ2v) is 6.83. The molecule has 29 heavy (non-hydrogen) atoms. The SMILES string of the molecule is CCc1cccc(CC)c1NC(=O)c1nc(C(=O)N(CC)CC)n2ccccc12. The van der Waals surface area contributed by atoms with Gasteiger partial charge in [0.25, 0.3) is 11.8 Å². The molecule has 0 atom stereocenters. The number of benzene rings is 1. The molecule has 0 fully saturated rings. The summed E-state index contributed by atoms with van der Waals surface area (Å²) in [4.78, 5) is 32.3. The van der Waals surface area contributed by atoms with Gasteiger partial charge in [-0.2, -0.15) is 0 Å². The number of hydrogen-bond acceptors (Lipinski definition) is 3. The molecule has 3 aromatic rings. The molecular weight excluding hydrogens is 364 g/mol. The molecule has 0 aliphatic heterocycles. The number of para-hydroxylation sites is 1. The number of aryl methyl sites for hydroxylation is 2. The van der Waals surface area contributed by atoms with Crippen molar-refractivity contribution in [2.75, 3.05) is 18.4 Å². The highest BCUT2D eigenvalue weighted by atomic mass is 16.2. The largest absolute Gasteiger partial charge is 0.337 e. The summed E-state index contributed by atoms with van der Waals surface area (Å²) < 4.78 is 1.70. The fourth-order valence-electron chi connectivity index (χ4n) is 3.58. The first kappa shape index (κ1) is 20.6. The van der Waals surface area contributed by atoms with E-state index in [1.54, 1.807) is 15.5 Å². The average molecular weight is 393 g/mol. The van der Waals surface area contributed by atoms with Crippen LogP contribution in [-0.4, -0.2) is 39.2 Å². The standard InChI is InChI=1S/C23H28N4O2/c1-5-16-12-11-13-17(6-2)19(16)25-22(28)20-18-14-9-10-15-27(18)21(24-20)23(29)26(7-3)8-4/h9-15H,5-8H2,1-4H3,(H,25,28). The van der Waals surface area contributed by atoms with E-state index in [4.69, 9.17) is 0 Å². The molecule has 0 aliphatic rings. The maximum absolute atomic E-state index is 13.2. The van der Waals surface area contributed by atoms with Gasteiger partial charge >= 0.3 is 0 Å². The normalized spacial score (nSPS) is 10.9. The molecule has 1 aromatic carbocycles. The summed E-state index contributed by atoms with van der Waals surface area (Å²) in [6, 6.07) is 11.5. The molecule has 0 saturated heterocycles. The predicted octanol–water partition coefficient (Wildman–Crippen LogP) is 4.19. The monoisotopic (exact) mass is 392 g/mol. The molecule has 6 heteroatoms. The molecule has 2 heterocycles. The van der Waals surface area contributed by atoms with Crippen LogP contribution in [0.2, 0.25) is 0 Å². The number of anilines is 1. The number of imidazole rings is 1. The minimum Gasteiger partial charge on any atom is -0.337 e. The lowest BCUT2D eigenvalue weighted by atomic mass is 10.0. The van der Waals surface area contributed by atoms with Gasteiger partial charge in [0.05, 0.1) is 5.52 Å². The maximum Gasteiger partial charge on any atom is 0.290 e. The van der Waals surface area contributed by atoms with Gasteiger partial charge in [0.2, 0.25) is 5.82 Å². The number of amides is 2. The Bertz CT molecular complexity index is 1010. The molecule has 2 aromatic heterocycles. The van der Waals surface area contributed by atoms with Gasteiger partial charge in [0.1, 0.15) is 0 Å². The molecule has 6 nitrogen and oxygen atoms in total. The topological polar surface area (TPSA) is 66.7 Å². The van der Waals surface area contributed by atoms with Crippen LogP contribution in [-0.2, 0) is 12.8 Å². The van der Waals surface area contributed by atoms with Crippen molar-refractivity contribution in [2.24, 2.45) is 0 Å². The van der Waals surface area contributed by atoms with Crippen molar-refractivity contribution >= 4 is 23.0 Å². The Morgan fingerprint density at radius 1 is 0.966 bits per heavy atom. The zero-order valence-corrected chi connectivity index (χ0v) is 17.5. The lowest BCUT2D eigenvalue weighted by Gasteiger charge is -2.17. The van der Waals surface area contributed by atoms with E-state index in [-0.39, 0.29) is 23.3 Å². The second-order valence-electron chi connectivity index (χ2n) is 6.83. The van der Waals surface area contributed by atoms with Crippen LogP contribution in [0, 0.1) is 0 Å². The third-order valence-corrected chi connectivity index (χ3v) is 5.24. The Morgan fingerprint density at radius 2 is 1.62 bits per heavy atom. The van der Waals surface area contributed by atoms with Crippen LogP contribution in [0.5, 0.6) is 0 Å². The van der Waals surface area contributed by atoms with Crippen molar-refractivity contribution in [3.05, 3.63) is 65.2 Å². The Labute approximate surface area is 171 Å². The van der Waals surface area contributed by atoms with Crippen LogP contribution < -0.4 is 5.32 Å². The summed E-state index contributed by atoms with van der Waals surface area (Å²) in [6.07, 6.45) is 3.41. The van der Waals surface area contributed by atoms with Crippen molar-refractivity contribution in [2.45, 2.75) is 40.5 Å². The second kappa shape index (κ2) is 8.90. The third-order valence-electron chi connectivity index (χ3n) is 5.24. The van der Waals surface area contributed by atoms with Crippen LogP contribution in [0.25, 0.3) is 5.52 Å². The van der Waals surface area contributed by atoms with Gasteiger partial charge in [0.15, 0.2) is 5.69 Å². The highest BCUT2D eigenvalue weighted by Crippen LogP contribution is 2.24. The molecule has 0 bridgehead atoms. The van der Waals surface area contributed by atoms with Gasteiger partial charge in [-0.15, -0.1) is 0 Å². The number of pyridine rings is 1. The fraction of sp³-hybridized carbons (Fsp3) is 0.348. The number of nitrogens with zero attached hydrogens (tertiary/aromatic N) is 3. The molecular formula is C23H28N4O2. The Morgan fingerprint density at radius 3 is 2.21 bits per heavy atom. The molecule has 0 aliphatic carbocycles. The number of fused-ring (bicyclic) bond motifs is 1. The lowest BCUT2D eigenvalue weighted by Crippen LogP contribution is -2.32. The van der Waals surface area contributed by atoms with Crippen LogP contribution in [0.3, 0.4) is 0 Å².